The fourth-order valence-corrected chi connectivity index (χ4v) is 3.23. The van der Waals surface area contributed by atoms with E-state index >= 15 is 0 Å². The number of benzene rings is 1. The van der Waals surface area contributed by atoms with Gasteiger partial charge in [0.2, 0.25) is 0 Å². The lowest BCUT2D eigenvalue weighted by Crippen LogP contribution is -2.44. The molecule has 0 heterocycles. The Hall–Kier alpha value is -1.35. The van der Waals surface area contributed by atoms with Gasteiger partial charge in [0.1, 0.15) is 11.4 Å². The van der Waals surface area contributed by atoms with Crippen molar-refractivity contribution in [2.75, 3.05) is 14.2 Å². The molecule has 2 rings (SSSR count). The van der Waals surface area contributed by atoms with E-state index in [2.05, 4.69) is 6.92 Å². The number of ketones is 1. The summed E-state index contributed by atoms with van der Waals surface area (Å²) in [5.74, 6) is 1.21. The zero-order valence-corrected chi connectivity index (χ0v) is 12.9. The standard InChI is InChI=1S/C17H24O3/c1-12-7-8-15(19-3)14(10-12)16(18)17(20-4)9-5-6-13(2)11-17/h7-8,10,13H,5-6,9,11H2,1-4H3. The molecule has 1 fully saturated rings. The summed E-state index contributed by atoms with van der Waals surface area (Å²) >= 11 is 0. The first-order chi connectivity index (χ1) is 9.52. The molecule has 1 aromatic rings. The summed E-state index contributed by atoms with van der Waals surface area (Å²) in [5.41, 5.74) is 1.02. The molecular formula is C17H24O3. The van der Waals surface area contributed by atoms with Crippen molar-refractivity contribution in [2.45, 2.75) is 45.1 Å². The molecule has 1 aromatic carbocycles. The van der Waals surface area contributed by atoms with E-state index in [1.54, 1.807) is 14.2 Å². The first-order valence-corrected chi connectivity index (χ1v) is 7.27. The molecule has 1 aliphatic rings. The normalized spacial score (nSPS) is 26.3. The minimum Gasteiger partial charge on any atom is -0.496 e. The third-order valence-corrected chi connectivity index (χ3v) is 4.36. The van der Waals surface area contributed by atoms with E-state index < -0.39 is 5.60 Å². The highest BCUT2D eigenvalue weighted by atomic mass is 16.5. The Kier molecular flexibility index (Phi) is 4.48. The SMILES string of the molecule is COc1ccc(C)cc1C(=O)C1(OC)CCCC(C)C1. The van der Waals surface area contributed by atoms with E-state index in [1.165, 1.54) is 6.42 Å². The summed E-state index contributed by atoms with van der Waals surface area (Å²) in [6.07, 6.45) is 3.79. The van der Waals surface area contributed by atoms with Crippen LogP contribution in [-0.4, -0.2) is 25.6 Å². The van der Waals surface area contributed by atoms with E-state index in [0.717, 1.165) is 24.8 Å². The van der Waals surface area contributed by atoms with Crippen LogP contribution >= 0.6 is 0 Å². The summed E-state index contributed by atoms with van der Waals surface area (Å²) in [7, 11) is 3.25. The van der Waals surface area contributed by atoms with Gasteiger partial charge in [-0.2, -0.15) is 0 Å². The van der Waals surface area contributed by atoms with E-state index in [9.17, 15) is 4.79 Å². The monoisotopic (exact) mass is 276 g/mol. The van der Waals surface area contributed by atoms with Crippen molar-refractivity contribution in [2.24, 2.45) is 5.92 Å². The Labute approximate surface area is 121 Å². The number of Topliss-reactive ketones (excluding diaryl/α,β-unsaturated/α-hetero) is 1. The van der Waals surface area contributed by atoms with Crippen molar-refractivity contribution >= 4 is 5.78 Å². The van der Waals surface area contributed by atoms with Crippen LogP contribution in [-0.2, 0) is 4.74 Å². The number of carbonyl (C=O) groups excluding carboxylic acids is 1. The van der Waals surface area contributed by atoms with Gasteiger partial charge in [0.25, 0.3) is 0 Å². The predicted molar refractivity (Wildman–Crippen MR) is 79.4 cm³/mol. The Morgan fingerprint density at radius 1 is 1.35 bits per heavy atom. The van der Waals surface area contributed by atoms with Crippen LogP contribution in [0, 0.1) is 12.8 Å². The summed E-state index contributed by atoms with van der Waals surface area (Å²) < 4.78 is 11.1. The van der Waals surface area contributed by atoms with Gasteiger partial charge in [0, 0.05) is 7.11 Å². The minimum atomic E-state index is -0.682. The van der Waals surface area contributed by atoms with E-state index in [0.29, 0.717) is 17.2 Å². The molecule has 1 aliphatic carbocycles. The van der Waals surface area contributed by atoms with Crippen molar-refractivity contribution in [1.29, 1.82) is 0 Å². The summed E-state index contributed by atoms with van der Waals surface area (Å²) in [4.78, 5) is 13.0. The average molecular weight is 276 g/mol. The Bertz CT molecular complexity index is 495. The van der Waals surface area contributed by atoms with E-state index in [-0.39, 0.29) is 5.78 Å². The average Bonchev–Trinajstić information content (AvgIpc) is 2.46. The highest BCUT2D eigenvalue weighted by molar-refractivity contribution is 6.04. The lowest BCUT2D eigenvalue weighted by atomic mass is 9.74. The number of ether oxygens (including phenoxy) is 2. The zero-order chi connectivity index (χ0) is 14.8. The first-order valence-electron chi connectivity index (χ1n) is 7.27. The highest BCUT2D eigenvalue weighted by Crippen LogP contribution is 2.38. The second-order valence-electron chi connectivity index (χ2n) is 5.93. The van der Waals surface area contributed by atoms with Crippen LogP contribution in [0.3, 0.4) is 0 Å². The number of rotatable bonds is 4. The number of hydrogen-bond donors (Lipinski definition) is 0. The quantitative estimate of drug-likeness (QED) is 0.785. The second-order valence-corrected chi connectivity index (χ2v) is 5.93. The lowest BCUT2D eigenvalue weighted by Gasteiger charge is -2.37. The molecule has 20 heavy (non-hydrogen) atoms. The molecule has 0 bridgehead atoms. The van der Waals surface area contributed by atoms with Crippen LogP contribution in [0.25, 0.3) is 0 Å². The van der Waals surface area contributed by atoms with Gasteiger partial charge in [-0.05, 0) is 44.2 Å². The molecule has 2 atom stereocenters. The van der Waals surface area contributed by atoms with Crippen molar-refractivity contribution < 1.29 is 14.3 Å². The maximum absolute atomic E-state index is 13.0. The third-order valence-electron chi connectivity index (χ3n) is 4.36. The fraction of sp³-hybridized carbons (Fsp3) is 0.588. The van der Waals surface area contributed by atoms with E-state index in [4.69, 9.17) is 9.47 Å². The van der Waals surface area contributed by atoms with Gasteiger partial charge in [-0.25, -0.2) is 0 Å². The molecule has 2 unspecified atom stereocenters. The topological polar surface area (TPSA) is 35.5 Å². The molecule has 0 radical (unpaired) electrons. The van der Waals surface area contributed by atoms with Crippen molar-refractivity contribution in [1.82, 2.24) is 0 Å². The number of aryl methyl sites for hydroxylation is 1. The van der Waals surface area contributed by atoms with Crippen molar-refractivity contribution in [3.63, 3.8) is 0 Å². The van der Waals surface area contributed by atoms with Crippen LogP contribution in [0.2, 0.25) is 0 Å². The predicted octanol–water partition coefficient (Wildman–Crippen LogP) is 3.78. The number of hydrogen-bond acceptors (Lipinski definition) is 3. The molecule has 0 saturated heterocycles. The Morgan fingerprint density at radius 3 is 2.70 bits per heavy atom. The first kappa shape index (κ1) is 15.0. The smallest absolute Gasteiger partial charge is 0.198 e. The van der Waals surface area contributed by atoms with Crippen LogP contribution < -0.4 is 4.74 Å². The van der Waals surface area contributed by atoms with Crippen molar-refractivity contribution in [3.8, 4) is 5.75 Å². The van der Waals surface area contributed by atoms with E-state index in [1.807, 2.05) is 25.1 Å². The van der Waals surface area contributed by atoms with Gasteiger partial charge in [0.15, 0.2) is 5.78 Å². The van der Waals surface area contributed by atoms with Gasteiger partial charge >= 0.3 is 0 Å². The fourth-order valence-electron chi connectivity index (χ4n) is 3.23. The molecule has 0 aliphatic heterocycles. The molecule has 0 spiro atoms. The molecule has 0 amide bonds. The lowest BCUT2D eigenvalue weighted by molar-refractivity contribution is -0.0304. The Balaban J connectivity index is 2.40. The van der Waals surface area contributed by atoms with Crippen LogP contribution in [0.15, 0.2) is 18.2 Å². The second kappa shape index (κ2) is 5.96. The van der Waals surface area contributed by atoms with Gasteiger partial charge in [-0.15, -0.1) is 0 Å². The zero-order valence-electron chi connectivity index (χ0n) is 12.9. The summed E-state index contributed by atoms with van der Waals surface area (Å²) in [6.45, 7) is 4.17. The molecule has 3 heteroatoms. The largest absolute Gasteiger partial charge is 0.496 e. The minimum absolute atomic E-state index is 0.0621. The number of methoxy groups -OCH3 is 2. The van der Waals surface area contributed by atoms with Gasteiger partial charge in [-0.1, -0.05) is 25.0 Å². The Morgan fingerprint density at radius 2 is 2.10 bits per heavy atom. The number of carbonyl (C=O) groups is 1. The summed E-state index contributed by atoms with van der Waals surface area (Å²) in [6, 6.07) is 5.72. The van der Waals surface area contributed by atoms with Crippen LogP contribution in [0.4, 0.5) is 0 Å². The molecule has 110 valence electrons. The third kappa shape index (κ3) is 2.73. The molecule has 0 N–H and O–H groups in total. The summed E-state index contributed by atoms with van der Waals surface area (Å²) in [5, 5.41) is 0. The molecule has 0 aromatic heterocycles. The van der Waals surface area contributed by atoms with Gasteiger partial charge in [0.05, 0.1) is 12.7 Å². The highest BCUT2D eigenvalue weighted by Gasteiger charge is 2.43. The molecule has 3 nitrogen and oxygen atoms in total. The van der Waals surface area contributed by atoms with Gasteiger partial charge < -0.3 is 9.47 Å². The maximum atomic E-state index is 13.0. The van der Waals surface area contributed by atoms with Crippen LogP contribution in [0.5, 0.6) is 5.75 Å². The molecule has 1 saturated carbocycles. The van der Waals surface area contributed by atoms with Crippen molar-refractivity contribution in [3.05, 3.63) is 29.3 Å². The van der Waals surface area contributed by atoms with Gasteiger partial charge in [-0.3, -0.25) is 4.79 Å². The molecular weight excluding hydrogens is 252 g/mol. The maximum Gasteiger partial charge on any atom is 0.198 e. The van der Waals surface area contributed by atoms with Crippen LogP contribution in [0.1, 0.15) is 48.5 Å².